The summed E-state index contributed by atoms with van der Waals surface area (Å²) >= 11 is 0. The van der Waals surface area contributed by atoms with Crippen molar-refractivity contribution in [3.05, 3.63) is 47.3 Å². The van der Waals surface area contributed by atoms with Crippen molar-refractivity contribution in [1.29, 1.82) is 0 Å². The van der Waals surface area contributed by atoms with Gasteiger partial charge in [0.1, 0.15) is 0 Å². The molecule has 2 aromatic rings. The molecule has 0 saturated heterocycles. The fourth-order valence-corrected chi connectivity index (χ4v) is 1.99. The van der Waals surface area contributed by atoms with Crippen molar-refractivity contribution in [3.8, 4) is 11.4 Å². The Bertz CT molecular complexity index is 518. The highest BCUT2D eigenvalue weighted by Crippen LogP contribution is 2.19. The predicted octanol–water partition coefficient (Wildman–Crippen LogP) is 4.10. The molecule has 0 atom stereocenters. The summed E-state index contributed by atoms with van der Waals surface area (Å²) in [5, 5.41) is 0. The third kappa shape index (κ3) is 2.76. The Hall–Kier alpha value is -1.70. The first-order valence-corrected chi connectivity index (χ1v) is 6.62. The molecule has 94 valence electrons. The molecule has 18 heavy (non-hydrogen) atoms. The number of aryl methyl sites for hydroxylation is 2. The largest absolute Gasteiger partial charge is 0.233 e. The topological polar surface area (TPSA) is 25.8 Å². The van der Waals surface area contributed by atoms with Crippen molar-refractivity contribution in [1.82, 2.24) is 9.97 Å². The van der Waals surface area contributed by atoms with Crippen LogP contribution in [-0.2, 0) is 6.42 Å². The average molecular weight is 240 g/mol. The lowest BCUT2D eigenvalue weighted by Crippen LogP contribution is -2.02. The van der Waals surface area contributed by atoms with Crippen molar-refractivity contribution in [2.45, 2.75) is 40.0 Å². The molecule has 0 radical (unpaired) electrons. The lowest BCUT2D eigenvalue weighted by Gasteiger charge is -2.10. The molecule has 0 aliphatic carbocycles. The molecule has 2 rings (SSSR count). The van der Waals surface area contributed by atoms with E-state index in [2.05, 4.69) is 37.9 Å². The van der Waals surface area contributed by atoms with E-state index in [1.807, 2.05) is 18.2 Å². The zero-order valence-electron chi connectivity index (χ0n) is 11.4. The molecule has 0 amide bonds. The third-order valence-electron chi connectivity index (χ3n) is 3.29. The standard InChI is InChI=1S/C16H20N2/c1-4-5-11-15-12(2)13(3)17-16(18-15)14-9-7-6-8-10-14/h6-10H,4-5,11H2,1-3H3. The van der Waals surface area contributed by atoms with E-state index in [0.29, 0.717) is 0 Å². The second kappa shape index (κ2) is 5.76. The van der Waals surface area contributed by atoms with Crippen LogP contribution in [0, 0.1) is 13.8 Å². The van der Waals surface area contributed by atoms with Gasteiger partial charge in [-0.2, -0.15) is 0 Å². The van der Waals surface area contributed by atoms with Crippen LogP contribution in [0.4, 0.5) is 0 Å². The summed E-state index contributed by atoms with van der Waals surface area (Å²) < 4.78 is 0. The van der Waals surface area contributed by atoms with Gasteiger partial charge in [0, 0.05) is 17.0 Å². The van der Waals surface area contributed by atoms with Crippen molar-refractivity contribution in [2.24, 2.45) is 0 Å². The molecule has 1 heterocycles. The third-order valence-corrected chi connectivity index (χ3v) is 3.29. The van der Waals surface area contributed by atoms with E-state index >= 15 is 0 Å². The first-order chi connectivity index (χ1) is 8.72. The maximum Gasteiger partial charge on any atom is 0.159 e. The Labute approximate surface area is 109 Å². The van der Waals surface area contributed by atoms with Gasteiger partial charge >= 0.3 is 0 Å². The molecule has 1 aromatic heterocycles. The molecule has 0 unspecified atom stereocenters. The second-order valence-corrected chi connectivity index (χ2v) is 4.67. The Balaban J connectivity index is 2.41. The second-order valence-electron chi connectivity index (χ2n) is 4.67. The normalized spacial score (nSPS) is 10.6. The molecule has 0 aliphatic rings. The summed E-state index contributed by atoms with van der Waals surface area (Å²) in [6.07, 6.45) is 3.43. The van der Waals surface area contributed by atoms with E-state index in [-0.39, 0.29) is 0 Å². The Morgan fingerprint density at radius 1 is 1.00 bits per heavy atom. The monoisotopic (exact) mass is 240 g/mol. The van der Waals surface area contributed by atoms with Crippen LogP contribution < -0.4 is 0 Å². The summed E-state index contributed by atoms with van der Waals surface area (Å²) in [5.74, 6) is 0.852. The molecular formula is C16H20N2. The average Bonchev–Trinajstić information content (AvgIpc) is 2.41. The van der Waals surface area contributed by atoms with Gasteiger partial charge in [-0.25, -0.2) is 9.97 Å². The number of aromatic nitrogens is 2. The minimum atomic E-state index is 0.852. The molecule has 0 aliphatic heterocycles. The van der Waals surface area contributed by atoms with E-state index in [0.717, 1.165) is 23.5 Å². The SMILES string of the molecule is CCCCc1nc(-c2ccccc2)nc(C)c1C. The van der Waals surface area contributed by atoms with Crippen LogP contribution >= 0.6 is 0 Å². The summed E-state index contributed by atoms with van der Waals surface area (Å²) in [6, 6.07) is 10.2. The van der Waals surface area contributed by atoms with Gasteiger partial charge in [-0.1, -0.05) is 43.7 Å². The molecule has 2 nitrogen and oxygen atoms in total. The molecule has 1 aromatic carbocycles. The zero-order valence-corrected chi connectivity index (χ0v) is 11.4. The van der Waals surface area contributed by atoms with Gasteiger partial charge in [-0.05, 0) is 32.3 Å². The Kier molecular flexibility index (Phi) is 4.08. The number of hydrogen-bond donors (Lipinski definition) is 0. The number of hydrogen-bond acceptors (Lipinski definition) is 2. The van der Waals surface area contributed by atoms with Crippen molar-refractivity contribution < 1.29 is 0 Å². The highest BCUT2D eigenvalue weighted by Gasteiger charge is 2.08. The molecule has 2 heteroatoms. The fourth-order valence-electron chi connectivity index (χ4n) is 1.99. The van der Waals surface area contributed by atoms with Crippen LogP contribution in [0.1, 0.15) is 36.7 Å². The smallest absolute Gasteiger partial charge is 0.159 e. The van der Waals surface area contributed by atoms with E-state index in [1.165, 1.54) is 24.1 Å². The number of nitrogens with zero attached hydrogens (tertiary/aromatic N) is 2. The molecule has 0 saturated carbocycles. The van der Waals surface area contributed by atoms with Crippen LogP contribution in [0.3, 0.4) is 0 Å². The quantitative estimate of drug-likeness (QED) is 0.804. The first kappa shape index (κ1) is 12.7. The summed E-state index contributed by atoms with van der Waals surface area (Å²) in [5.41, 5.74) is 4.62. The first-order valence-electron chi connectivity index (χ1n) is 6.62. The van der Waals surface area contributed by atoms with Crippen molar-refractivity contribution >= 4 is 0 Å². The van der Waals surface area contributed by atoms with Gasteiger partial charge in [-0.15, -0.1) is 0 Å². The fraction of sp³-hybridized carbons (Fsp3) is 0.375. The highest BCUT2D eigenvalue weighted by molar-refractivity contribution is 5.55. The van der Waals surface area contributed by atoms with Crippen LogP contribution in [-0.4, -0.2) is 9.97 Å². The van der Waals surface area contributed by atoms with Gasteiger partial charge in [-0.3, -0.25) is 0 Å². The lowest BCUT2D eigenvalue weighted by molar-refractivity contribution is 0.766. The van der Waals surface area contributed by atoms with Gasteiger partial charge in [0.2, 0.25) is 0 Å². The van der Waals surface area contributed by atoms with E-state index in [1.54, 1.807) is 0 Å². The molecular weight excluding hydrogens is 220 g/mol. The summed E-state index contributed by atoms with van der Waals surface area (Å²) in [6.45, 7) is 6.40. The summed E-state index contributed by atoms with van der Waals surface area (Å²) in [7, 11) is 0. The number of unbranched alkanes of at least 4 members (excludes halogenated alkanes) is 1. The summed E-state index contributed by atoms with van der Waals surface area (Å²) in [4.78, 5) is 9.33. The minimum absolute atomic E-state index is 0.852. The Morgan fingerprint density at radius 3 is 2.39 bits per heavy atom. The number of benzene rings is 1. The van der Waals surface area contributed by atoms with Gasteiger partial charge in [0.15, 0.2) is 5.82 Å². The lowest BCUT2D eigenvalue weighted by atomic mass is 10.1. The number of rotatable bonds is 4. The molecule has 0 fully saturated rings. The van der Waals surface area contributed by atoms with Crippen molar-refractivity contribution in [3.63, 3.8) is 0 Å². The van der Waals surface area contributed by atoms with E-state index in [4.69, 9.17) is 4.98 Å². The Morgan fingerprint density at radius 2 is 1.72 bits per heavy atom. The van der Waals surface area contributed by atoms with Gasteiger partial charge < -0.3 is 0 Å². The zero-order chi connectivity index (χ0) is 13.0. The minimum Gasteiger partial charge on any atom is -0.233 e. The van der Waals surface area contributed by atoms with Gasteiger partial charge in [0.05, 0.1) is 0 Å². The van der Waals surface area contributed by atoms with Crippen LogP contribution in [0.25, 0.3) is 11.4 Å². The maximum atomic E-state index is 4.73. The van der Waals surface area contributed by atoms with Crippen LogP contribution in [0.2, 0.25) is 0 Å². The van der Waals surface area contributed by atoms with E-state index in [9.17, 15) is 0 Å². The molecule has 0 bridgehead atoms. The van der Waals surface area contributed by atoms with Gasteiger partial charge in [0.25, 0.3) is 0 Å². The maximum absolute atomic E-state index is 4.73. The molecule has 0 spiro atoms. The van der Waals surface area contributed by atoms with Crippen LogP contribution in [0.15, 0.2) is 30.3 Å². The molecule has 0 N–H and O–H groups in total. The van der Waals surface area contributed by atoms with Crippen LogP contribution in [0.5, 0.6) is 0 Å². The predicted molar refractivity (Wildman–Crippen MR) is 75.6 cm³/mol. The van der Waals surface area contributed by atoms with E-state index < -0.39 is 0 Å². The van der Waals surface area contributed by atoms with Crippen molar-refractivity contribution in [2.75, 3.05) is 0 Å². The highest BCUT2D eigenvalue weighted by atomic mass is 14.9.